The second-order valence-corrected chi connectivity index (χ2v) is 27.5. The van der Waals surface area contributed by atoms with Gasteiger partial charge in [-0.3, -0.25) is 0 Å². The third-order valence-electron chi connectivity index (χ3n) is 15.8. The molecule has 0 bridgehead atoms. The highest BCUT2D eigenvalue weighted by atomic mass is 16.7. The summed E-state index contributed by atoms with van der Waals surface area (Å²) in [6.45, 7) is -7.10. The van der Waals surface area contributed by atoms with Crippen LogP contribution in [0.2, 0.25) is 0 Å². The Balaban J connectivity index is 1.54. The van der Waals surface area contributed by atoms with Gasteiger partial charge in [-0.25, -0.2) is 24.0 Å². The van der Waals surface area contributed by atoms with Crippen molar-refractivity contribution in [1.29, 1.82) is 0 Å². The van der Waals surface area contributed by atoms with Gasteiger partial charge < -0.3 is 165 Å². The quantitative estimate of drug-likeness (QED) is 0.0293. The van der Waals surface area contributed by atoms with Crippen LogP contribution >= 0.6 is 0 Å². The van der Waals surface area contributed by atoms with Gasteiger partial charge in [0.15, 0.2) is 0 Å². The molecule has 0 heterocycles. The smallest absolute Gasteiger partial charge is 0.329 e. The second kappa shape index (κ2) is 64.3. The zero-order valence-corrected chi connectivity index (χ0v) is 67.3. The molecule has 4 aromatic carbocycles. The highest BCUT2D eigenvalue weighted by Crippen LogP contribution is 2.19. The van der Waals surface area contributed by atoms with E-state index in [1.807, 2.05) is 99.6 Å². The minimum absolute atomic E-state index is 0.0270. The monoisotopic (exact) mass is 1700 g/mol. The summed E-state index contributed by atoms with van der Waals surface area (Å²) in [4.78, 5) is 58.4. The zero-order chi connectivity index (χ0) is 86.5. The minimum atomic E-state index is -1.36. The van der Waals surface area contributed by atoms with E-state index in [0.29, 0.717) is 23.0 Å². The molecule has 0 amide bonds. The van der Waals surface area contributed by atoms with Crippen LogP contribution in [0.5, 0.6) is 23.0 Å². The summed E-state index contributed by atoms with van der Waals surface area (Å²) in [5, 5.41) is 106. The van der Waals surface area contributed by atoms with Crippen LogP contribution in [-0.2, 0) is 114 Å². The van der Waals surface area contributed by atoms with E-state index in [0.717, 1.165) is 0 Å². The summed E-state index contributed by atoms with van der Waals surface area (Å²) in [7, 11) is 0. The largest absolute Gasteiger partial charge is 0.491 e. The van der Waals surface area contributed by atoms with E-state index < -0.39 is 253 Å². The Morgan fingerprint density at radius 2 is 0.420 bits per heavy atom. The molecule has 119 heavy (non-hydrogen) atoms. The molecule has 11 N–H and O–H groups in total. The van der Waals surface area contributed by atoms with Crippen molar-refractivity contribution in [1.82, 2.24) is 0 Å². The number of aliphatic carboxylic acids is 5. The Kier molecular flexibility index (Phi) is 56.1. The average Bonchev–Trinajstić information content (AvgIpc) is 0.910. The molecule has 0 spiro atoms. The molecule has 39 nitrogen and oxygen atoms in total. The molecular weight excluding hydrogens is 1580 g/mol. The molecule has 674 valence electrons. The number of ether oxygens (including phenoxy) is 23. The maximum atomic E-state index is 11.8. The van der Waals surface area contributed by atoms with Crippen molar-refractivity contribution in [3.8, 4) is 23.0 Å². The summed E-state index contributed by atoms with van der Waals surface area (Å²) in [5.74, 6) is -4.47. The Bertz CT molecular complexity index is 3190. The molecule has 0 aliphatic rings. The van der Waals surface area contributed by atoms with Gasteiger partial charge in [0.25, 0.3) is 0 Å². The summed E-state index contributed by atoms with van der Waals surface area (Å²) in [5.41, 5.74) is -0.497. The Morgan fingerprint density at radius 3 is 0.605 bits per heavy atom. The van der Waals surface area contributed by atoms with E-state index in [9.17, 15) is 75.0 Å². The standard InChI is InChI=1S/C80H120O39/c1-80(2,3)119-51-74(50-106-61-22-14-7-15-23-61)118-49-73(46-105-60-20-12-6-13-21-60)117-48-72(45-104-59-18-10-5-11-19-59)116-47-71(44-103-58-16-8-4-9-17-58)115-43-70(34-101-56-79(95)96)114-42-69(33-100-55-78(93)94)113-41-68(32-99-54-77(91)92)112-40-67(31-98-53-76(89)90)111-39-66(30-97-52-75(87)88)110-38-65(28-85)109-37-64(27-84)108-36-63(26-83)107-35-62(25-82)102-29-57(86)24-81/h4-23,57,62-74,81-86H,24-56H2,1-3H3,(H,87,88)(H,89,90)(H,91,92)(H,93,94)(H,95,96). The topological polar surface area (TPSA) is 520 Å². The fraction of sp³-hybridized carbons (Fsp3) is 0.637. The van der Waals surface area contributed by atoms with Crippen molar-refractivity contribution in [2.24, 2.45) is 0 Å². The molecule has 14 unspecified atom stereocenters. The fourth-order valence-corrected chi connectivity index (χ4v) is 9.69. The first-order chi connectivity index (χ1) is 57.4. The number of para-hydroxylation sites is 4. The Labute approximate surface area is 690 Å². The first-order valence-electron chi connectivity index (χ1n) is 38.5. The lowest BCUT2D eigenvalue weighted by molar-refractivity contribution is -0.166. The Hall–Kier alpha value is -7.57. The summed E-state index contributed by atoms with van der Waals surface area (Å²) < 4.78 is 137. The van der Waals surface area contributed by atoms with Crippen molar-refractivity contribution in [3.63, 3.8) is 0 Å². The summed E-state index contributed by atoms with van der Waals surface area (Å²) in [6.07, 6.45) is -14.1. The molecule has 0 aromatic heterocycles. The summed E-state index contributed by atoms with van der Waals surface area (Å²) >= 11 is 0. The first-order valence-corrected chi connectivity index (χ1v) is 38.5. The van der Waals surface area contributed by atoms with Gasteiger partial charge in [-0.1, -0.05) is 72.8 Å². The van der Waals surface area contributed by atoms with Crippen molar-refractivity contribution in [2.45, 2.75) is 112 Å². The number of hydrogen-bond donors (Lipinski definition) is 11. The van der Waals surface area contributed by atoms with Crippen LogP contribution in [0.1, 0.15) is 20.8 Å². The molecule has 14 atom stereocenters. The zero-order valence-electron chi connectivity index (χ0n) is 67.3. The highest BCUT2D eigenvalue weighted by molar-refractivity contribution is 5.69. The predicted molar refractivity (Wildman–Crippen MR) is 414 cm³/mol. The van der Waals surface area contributed by atoms with Crippen molar-refractivity contribution < 1.29 is 189 Å². The van der Waals surface area contributed by atoms with E-state index >= 15 is 0 Å². The predicted octanol–water partition coefficient (Wildman–Crippen LogP) is 0.953. The molecule has 0 aliphatic carbocycles. The Morgan fingerprint density at radius 1 is 0.244 bits per heavy atom. The molecule has 0 radical (unpaired) electrons. The number of benzene rings is 4. The number of rotatable bonds is 78. The first kappa shape index (κ1) is 104. The van der Waals surface area contributed by atoms with Gasteiger partial charge >= 0.3 is 29.8 Å². The van der Waals surface area contributed by atoms with Gasteiger partial charge in [-0.2, -0.15) is 0 Å². The number of aliphatic hydroxyl groups excluding tert-OH is 6. The normalized spacial score (nSPS) is 15.4. The number of hydrogen-bond acceptors (Lipinski definition) is 34. The van der Waals surface area contributed by atoms with Gasteiger partial charge in [-0.05, 0) is 69.3 Å². The number of carboxylic acid groups (broad SMARTS) is 5. The molecule has 4 aromatic rings. The van der Waals surface area contributed by atoms with Gasteiger partial charge in [0.2, 0.25) is 0 Å². The van der Waals surface area contributed by atoms with Crippen LogP contribution < -0.4 is 18.9 Å². The van der Waals surface area contributed by atoms with E-state index in [-0.39, 0.29) is 85.9 Å². The fourth-order valence-electron chi connectivity index (χ4n) is 9.69. The SMILES string of the molecule is CC(C)(C)OCC(COc1ccccc1)OCC(COc1ccccc1)OCC(COc1ccccc1)OCC(COc1ccccc1)OCC(COCC(=O)O)OCC(COCC(=O)O)OCC(COCC(=O)O)OCC(COCC(=O)O)OCC(COCC(=O)O)OCC(CO)OCC(CO)OCC(CO)OCC(CO)OCC(O)CO. The van der Waals surface area contributed by atoms with Crippen molar-refractivity contribution >= 4 is 29.8 Å². The van der Waals surface area contributed by atoms with E-state index in [1.165, 1.54) is 0 Å². The maximum Gasteiger partial charge on any atom is 0.329 e. The third kappa shape index (κ3) is 53.7. The second-order valence-electron chi connectivity index (χ2n) is 27.5. The van der Waals surface area contributed by atoms with Crippen LogP contribution in [0.3, 0.4) is 0 Å². The lowest BCUT2D eigenvalue weighted by Gasteiger charge is -2.28. The van der Waals surface area contributed by atoms with Crippen LogP contribution in [0, 0.1) is 0 Å². The van der Waals surface area contributed by atoms with Gasteiger partial charge in [0, 0.05) is 0 Å². The van der Waals surface area contributed by atoms with Crippen LogP contribution in [-0.4, -0.2) is 395 Å². The molecule has 0 aliphatic heterocycles. The molecule has 0 fully saturated rings. The molecule has 4 rings (SSSR count). The van der Waals surface area contributed by atoms with E-state index in [2.05, 4.69) is 0 Å². The van der Waals surface area contributed by atoms with Gasteiger partial charge in [0.05, 0.1) is 164 Å². The van der Waals surface area contributed by atoms with Crippen LogP contribution in [0.15, 0.2) is 121 Å². The van der Waals surface area contributed by atoms with Crippen LogP contribution in [0.25, 0.3) is 0 Å². The number of carboxylic acids is 5. The lowest BCUT2D eigenvalue weighted by Crippen LogP contribution is -2.40. The third-order valence-corrected chi connectivity index (χ3v) is 15.8. The molecular formula is C80H120O39. The van der Waals surface area contributed by atoms with Crippen LogP contribution in [0.4, 0.5) is 0 Å². The van der Waals surface area contributed by atoms with Crippen molar-refractivity contribution in [3.05, 3.63) is 121 Å². The van der Waals surface area contributed by atoms with Crippen molar-refractivity contribution in [2.75, 3.05) is 218 Å². The average molecular weight is 1710 g/mol. The van der Waals surface area contributed by atoms with E-state index in [1.54, 1.807) is 42.5 Å². The maximum absolute atomic E-state index is 11.8. The highest BCUT2D eigenvalue weighted by Gasteiger charge is 2.29. The molecule has 0 saturated carbocycles. The number of aliphatic hydroxyl groups is 6. The lowest BCUT2D eigenvalue weighted by atomic mass is 10.2. The molecule has 0 saturated heterocycles. The van der Waals surface area contributed by atoms with Gasteiger partial charge in [-0.15, -0.1) is 0 Å². The van der Waals surface area contributed by atoms with E-state index in [4.69, 9.17) is 114 Å². The number of carbonyl (C=O) groups is 5. The summed E-state index contributed by atoms with van der Waals surface area (Å²) in [6, 6.07) is 36.3. The van der Waals surface area contributed by atoms with Gasteiger partial charge in [0.1, 0.15) is 168 Å². The molecule has 39 heteroatoms. The minimum Gasteiger partial charge on any atom is -0.491 e.